The second kappa shape index (κ2) is 8.45. The second-order valence-corrected chi connectivity index (χ2v) is 5.47. The van der Waals surface area contributed by atoms with Crippen molar-refractivity contribution >= 4 is 11.9 Å². The first-order valence-corrected chi connectivity index (χ1v) is 7.62. The number of hydrogen-bond acceptors (Lipinski definition) is 4. The lowest BCUT2D eigenvalue weighted by atomic mass is 9.86. The molecular formula is C17H24N2O2. The Morgan fingerprint density at radius 1 is 1.24 bits per heavy atom. The number of oxime groups is 2. The topological polar surface area (TPSA) is 43.2 Å². The molecule has 1 aromatic carbocycles. The molecule has 1 fully saturated rings. The van der Waals surface area contributed by atoms with Gasteiger partial charge in [0.25, 0.3) is 0 Å². The highest BCUT2D eigenvalue weighted by Crippen LogP contribution is 2.24. The van der Waals surface area contributed by atoms with E-state index in [4.69, 9.17) is 9.68 Å². The van der Waals surface area contributed by atoms with Crippen LogP contribution in [-0.4, -0.2) is 19.0 Å². The summed E-state index contributed by atoms with van der Waals surface area (Å²) in [6.45, 7) is 2.55. The Morgan fingerprint density at radius 3 is 2.71 bits per heavy atom. The van der Waals surface area contributed by atoms with Crippen molar-refractivity contribution in [1.29, 1.82) is 0 Å². The van der Waals surface area contributed by atoms with Crippen LogP contribution in [0.2, 0.25) is 0 Å². The SMILES string of the molecule is CO/N=C(\C=NOCc1ccccc1C)C1CCCCC1. The zero-order valence-electron chi connectivity index (χ0n) is 12.9. The van der Waals surface area contributed by atoms with E-state index in [1.54, 1.807) is 13.3 Å². The molecule has 0 atom stereocenters. The molecule has 1 aromatic rings. The highest BCUT2D eigenvalue weighted by molar-refractivity contribution is 6.31. The molecule has 1 saturated carbocycles. The van der Waals surface area contributed by atoms with Crippen molar-refractivity contribution in [3.05, 3.63) is 35.4 Å². The van der Waals surface area contributed by atoms with Gasteiger partial charge < -0.3 is 9.68 Å². The molecule has 0 spiro atoms. The van der Waals surface area contributed by atoms with E-state index in [0.29, 0.717) is 12.5 Å². The lowest BCUT2D eigenvalue weighted by Gasteiger charge is -2.20. The van der Waals surface area contributed by atoms with Crippen molar-refractivity contribution in [2.45, 2.75) is 45.6 Å². The van der Waals surface area contributed by atoms with Crippen molar-refractivity contribution in [2.75, 3.05) is 7.11 Å². The average Bonchev–Trinajstić information content (AvgIpc) is 2.53. The summed E-state index contributed by atoms with van der Waals surface area (Å²) in [5, 5.41) is 8.16. The van der Waals surface area contributed by atoms with E-state index in [1.807, 2.05) is 12.1 Å². The van der Waals surface area contributed by atoms with E-state index >= 15 is 0 Å². The summed E-state index contributed by atoms with van der Waals surface area (Å²) in [5.41, 5.74) is 3.25. The predicted molar refractivity (Wildman–Crippen MR) is 85.5 cm³/mol. The van der Waals surface area contributed by atoms with Gasteiger partial charge in [-0.1, -0.05) is 53.8 Å². The standard InChI is InChI=1S/C17H24N2O2/c1-14-8-6-7-11-16(14)13-21-18-12-17(19-20-2)15-9-4-3-5-10-15/h6-8,11-12,15H,3-5,9-10,13H2,1-2H3/b18-12?,19-17+. The fourth-order valence-corrected chi connectivity index (χ4v) is 2.68. The molecule has 1 aliphatic carbocycles. The molecule has 21 heavy (non-hydrogen) atoms. The quantitative estimate of drug-likeness (QED) is 0.584. The lowest BCUT2D eigenvalue weighted by molar-refractivity contribution is 0.132. The number of nitrogens with zero attached hydrogens (tertiary/aromatic N) is 2. The van der Waals surface area contributed by atoms with Crippen LogP contribution in [0.4, 0.5) is 0 Å². The van der Waals surface area contributed by atoms with Crippen LogP contribution < -0.4 is 0 Å². The summed E-state index contributed by atoms with van der Waals surface area (Å²) in [5.74, 6) is 0.449. The molecule has 0 saturated heterocycles. The van der Waals surface area contributed by atoms with Gasteiger partial charge in [-0.2, -0.15) is 0 Å². The van der Waals surface area contributed by atoms with Crippen LogP contribution in [0, 0.1) is 12.8 Å². The minimum atomic E-state index is 0.449. The van der Waals surface area contributed by atoms with Gasteiger partial charge in [-0.05, 0) is 30.9 Å². The van der Waals surface area contributed by atoms with Gasteiger partial charge in [0.2, 0.25) is 0 Å². The third-order valence-corrected chi connectivity index (χ3v) is 3.96. The number of hydrogen-bond donors (Lipinski definition) is 0. The first-order chi connectivity index (χ1) is 10.3. The molecule has 0 aliphatic heterocycles. The number of rotatable bonds is 6. The van der Waals surface area contributed by atoms with Gasteiger partial charge in [-0.25, -0.2) is 0 Å². The van der Waals surface area contributed by atoms with Crippen LogP contribution >= 0.6 is 0 Å². The number of aryl methyl sites for hydroxylation is 1. The Bertz CT molecular complexity index is 491. The molecule has 2 rings (SSSR count). The van der Waals surface area contributed by atoms with E-state index in [9.17, 15) is 0 Å². The van der Waals surface area contributed by atoms with Gasteiger partial charge in [-0.15, -0.1) is 0 Å². The van der Waals surface area contributed by atoms with Crippen LogP contribution in [0.25, 0.3) is 0 Å². The zero-order valence-corrected chi connectivity index (χ0v) is 12.9. The summed E-state index contributed by atoms with van der Waals surface area (Å²) in [6, 6.07) is 8.15. The summed E-state index contributed by atoms with van der Waals surface area (Å²) < 4.78 is 0. The van der Waals surface area contributed by atoms with Crippen molar-refractivity contribution < 1.29 is 9.68 Å². The number of benzene rings is 1. The highest BCUT2D eigenvalue weighted by atomic mass is 16.6. The second-order valence-electron chi connectivity index (χ2n) is 5.47. The Labute approximate surface area is 126 Å². The molecule has 0 radical (unpaired) electrons. The molecule has 4 heteroatoms. The van der Waals surface area contributed by atoms with E-state index < -0.39 is 0 Å². The van der Waals surface area contributed by atoms with Gasteiger partial charge in [0, 0.05) is 5.92 Å². The maximum Gasteiger partial charge on any atom is 0.142 e. The van der Waals surface area contributed by atoms with Crippen molar-refractivity contribution in [2.24, 2.45) is 16.2 Å². The maximum atomic E-state index is 5.40. The van der Waals surface area contributed by atoms with Gasteiger partial charge in [0.05, 0.1) is 6.21 Å². The Morgan fingerprint density at radius 2 is 2.00 bits per heavy atom. The van der Waals surface area contributed by atoms with Crippen LogP contribution in [0.1, 0.15) is 43.2 Å². The summed E-state index contributed by atoms with van der Waals surface area (Å²) >= 11 is 0. The van der Waals surface area contributed by atoms with Crippen LogP contribution in [0.5, 0.6) is 0 Å². The molecular weight excluding hydrogens is 264 g/mol. The smallest absolute Gasteiger partial charge is 0.142 e. The molecule has 0 N–H and O–H groups in total. The normalized spacial score (nSPS) is 17.1. The predicted octanol–water partition coefficient (Wildman–Crippen LogP) is 4.08. The summed E-state index contributed by atoms with van der Waals surface area (Å²) in [6.07, 6.45) is 7.85. The fourth-order valence-electron chi connectivity index (χ4n) is 2.68. The molecule has 0 unspecified atom stereocenters. The molecule has 0 amide bonds. The third kappa shape index (κ3) is 4.88. The van der Waals surface area contributed by atoms with Crippen molar-refractivity contribution in [3.8, 4) is 0 Å². The van der Waals surface area contributed by atoms with Crippen LogP contribution in [0.3, 0.4) is 0 Å². The first-order valence-electron chi connectivity index (χ1n) is 7.62. The maximum absolute atomic E-state index is 5.40. The van der Waals surface area contributed by atoms with Gasteiger partial charge in [0.15, 0.2) is 0 Å². The molecule has 0 heterocycles. The van der Waals surface area contributed by atoms with Gasteiger partial charge >= 0.3 is 0 Å². The third-order valence-electron chi connectivity index (χ3n) is 3.96. The van der Waals surface area contributed by atoms with E-state index in [-0.39, 0.29) is 0 Å². The summed E-state index contributed by atoms with van der Waals surface area (Å²) in [7, 11) is 1.57. The molecule has 0 aromatic heterocycles. The van der Waals surface area contributed by atoms with Crippen LogP contribution in [-0.2, 0) is 16.3 Å². The Balaban J connectivity index is 1.88. The molecule has 114 valence electrons. The molecule has 1 aliphatic rings. The first kappa shape index (κ1) is 15.5. The summed E-state index contributed by atoms with van der Waals surface area (Å²) in [4.78, 5) is 10.3. The minimum absolute atomic E-state index is 0.449. The average molecular weight is 288 g/mol. The minimum Gasteiger partial charge on any atom is -0.399 e. The van der Waals surface area contributed by atoms with E-state index in [0.717, 1.165) is 24.1 Å². The van der Waals surface area contributed by atoms with Gasteiger partial charge in [0.1, 0.15) is 19.4 Å². The fraction of sp³-hybridized carbons (Fsp3) is 0.529. The highest BCUT2D eigenvalue weighted by Gasteiger charge is 2.18. The van der Waals surface area contributed by atoms with E-state index in [2.05, 4.69) is 29.4 Å². The molecule has 4 nitrogen and oxygen atoms in total. The van der Waals surface area contributed by atoms with Crippen LogP contribution in [0.15, 0.2) is 34.6 Å². The largest absolute Gasteiger partial charge is 0.399 e. The lowest BCUT2D eigenvalue weighted by Crippen LogP contribution is -2.19. The Kier molecular flexibility index (Phi) is 6.25. The van der Waals surface area contributed by atoms with E-state index in [1.165, 1.54) is 24.8 Å². The monoisotopic (exact) mass is 288 g/mol. The van der Waals surface area contributed by atoms with Gasteiger partial charge in [-0.3, -0.25) is 0 Å². The Hall–Kier alpha value is -1.84. The van der Waals surface area contributed by atoms with Crippen molar-refractivity contribution in [3.63, 3.8) is 0 Å². The van der Waals surface area contributed by atoms with Crippen molar-refractivity contribution in [1.82, 2.24) is 0 Å². The zero-order chi connectivity index (χ0) is 14.9. The molecule has 0 bridgehead atoms.